The van der Waals surface area contributed by atoms with Gasteiger partial charge in [-0.2, -0.15) is 0 Å². The minimum Gasteiger partial charge on any atom is -0.415 e. The van der Waals surface area contributed by atoms with E-state index in [0.717, 1.165) is 5.56 Å². The fourth-order valence-electron chi connectivity index (χ4n) is 2.81. The maximum Gasteiger partial charge on any atom is 0.323 e. The zero-order chi connectivity index (χ0) is 22.5. The molecule has 1 aromatic heterocycles. The summed E-state index contributed by atoms with van der Waals surface area (Å²) in [7, 11) is -5.47. The molecule has 1 rings (SSSR count). The lowest BCUT2D eigenvalue weighted by Crippen LogP contribution is -2.54. The monoisotopic (exact) mass is 477 g/mol. The first-order chi connectivity index (χ1) is 14.1. The molecule has 174 valence electrons. The van der Waals surface area contributed by atoms with Gasteiger partial charge in [-0.05, 0) is 50.9 Å². The van der Waals surface area contributed by atoms with E-state index in [-0.39, 0.29) is 0 Å². The molecule has 8 nitrogen and oxygen atoms in total. The minimum atomic E-state index is -2.42. The van der Waals surface area contributed by atoms with E-state index in [1.807, 2.05) is 51.4 Å². The second kappa shape index (κ2) is 13.8. The zero-order valence-corrected chi connectivity index (χ0v) is 22.6. The number of pyridine rings is 1. The van der Waals surface area contributed by atoms with Gasteiger partial charge in [0.25, 0.3) is 0 Å². The van der Waals surface area contributed by atoms with Gasteiger partial charge >= 0.3 is 25.7 Å². The van der Waals surface area contributed by atoms with E-state index in [1.165, 1.54) is 0 Å². The molecule has 0 fully saturated rings. The first-order valence-corrected chi connectivity index (χ1v) is 18.7. The van der Waals surface area contributed by atoms with Gasteiger partial charge in [-0.1, -0.05) is 6.07 Å². The molecule has 0 bridgehead atoms. The fraction of sp³-hybridized carbons (Fsp3) is 0.737. The number of hydrogen-bond donors (Lipinski definition) is 0. The van der Waals surface area contributed by atoms with Gasteiger partial charge in [-0.15, -0.1) is 0 Å². The van der Waals surface area contributed by atoms with Crippen molar-refractivity contribution in [1.82, 2.24) is 4.98 Å². The second-order valence-electron chi connectivity index (χ2n) is 8.12. The Bertz CT molecular complexity index is 577. The van der Waals surface area contributed by atoms with E-state index in [2.05, 4.69) is 4.98 Å². The molecule has 0 spiro atoms. The van der Waals surface area contributed by atoms with Gasteiger partial charge in [0.1, 0.15) is 0 Å². The van der Waals surface area contributed by atoms with Crippen molar-refractivity contribution < 1.29 is 31.3 Å². The lowest BCUT2D eigenvalue weighted by molar-refractivity contribution is 0.0157. The van der Waals surface area contributed by atoms with Crippen LogP contribution in [0, 0.1) is 0 Å². The van der Waals surface area contributed by atoms with Gasteiger partial charge in [-0.3, -0.25) is 4.98 Å². The topological polar surface area (TPSA) is 77.5 Å². The number of ether oxygens (including phenoxy) is 3. The van der Waals surface area contributed by atoms with Crippen LogP contribution >= 0.6 is 0 Å². The number of nitrogens with zero attached hydrogens (tertiary/aromatic N) is 1. The Morgan fingerprint density at radius 3 is 1.87 bits per heavy atom. The van der Waals surface area contributed by atoms with Crippen molar-refractivity contribution in [3.05, 3.63) is 30.1 Å². The summed E-state index contributed by atoms with van der Waals surface area (Å²) in [6.07, 6.45) is 3.56. The molecule has 11 heteroatoms. The van der Waals surface area contributed by atoms with E-state index >= 15 is 0 Å². The van der Waals surface area contributed by atoms with E-state index < -0.39 is 25.7 Å². The smallest absolute Gasteiger partial charge is 0.323 e. The Kier molecular flexibility index (Phi) is 12.7. The van der Waals surface area contributed by atoms with Gasteiger partial charge in [0.2, 0.25) is 0 Å². The van der Waals surface area contributed by atoms with E-state index in [4.69, 9.17) is 31.3 Å². The van der Waals surface area contributed by atoms with Crippen LogP contribution in [0.1, 0.15) is 5.56 Å². The van der Waals surface area contributed by atoms with Gasteiger partial charge in [0.05, 0.1) is 46.2 Å². The fourth-order valence-corrected chi connectivity index (χ4v) is 14.4. The van der Waals surface area contributed by atoms with Crippen molar-refractivity contribution >= 4 is 25.7 Å². The number of methoxy groups -OCH3 is 1. The van der Waals surface area contributed by atoms with Crippen molar-refractivity contribution in [2.24, 2.45) is 0 Å². The summed E-state index contributed by atoms with van der Waals surface area (Å²) in [5.74, 6) is 0. The summed E-state index contributed by atoms with van der Waals surface area (Å²) in [6, 6.07) is 3.90. The molecule has 0 N–H and O–H groups in total. The third-order valence-corrected chi connectivity index (χ3v) is 13.4. The normalized spacial score (nSPS) is 13.0. The summed E-state index contributed by atoms with van der Waals surface area (Å²) in [6.45, 7) is 16.0. The van der Waals surface area contributed by atoms with Crippen LogP contribution in [-0.2, 0) is 37.9 Å². The lowest BCUT2D eigenvalue weighted by atomic mass is 10.3. The Morgan fingerprint density at radius 2 is 1.30 bits per heavy atom. The Morgan fingerprint density at radius 1 is 0.733 bits per heavy atom. The summed E-state index contributed by atoms with van der Waals surface area (Å²) >= 11 is 0. The molecule has 0 saturated heterocycles. The second-order valence-corrected chi connectivity index (χ2v) is 18.7. The molecule has 0 aromatic carbocycles. The van der Waals surface area contributed by atoms with Crippen molar-refractivity contribution in [2.45, 2.75) is 45.9 Å². The van der Waals surface area contributed by atoms with Crippen LogP contribution in [0.5, 0.6) is 0 Å². The lowest BCUT2D eigenvalue weighted by Gasteiger charge is -2.37. The standard InChI is InChI=1S/C19H39NO7Si3/c1-21-11-12-22-13-14-23-15-16-24-28(2,3)26-30(6,7)27-29(4,5)25-18-19-9-8-10-20-17-19/h8-10,17H,11-16,18H2,1-7H3. The van der Waals surface area contributed by atoms with Gasteiger partial charge in [-0.25, -0.2) is 0 Å². The first kappa shape index (κ1) is 27.6. The minimum absolute atomic E-state index is 0.486. The summed E-state index contributed by atoms with van der Waals surface area (Å²) in [5.41, 5.74) is 1.03. The van der Waals surface area contributed by atoms with E-state index in [9.17, 15) is 0 Å². The Balaban J connectivity index is 2.30. The van der Waals surface area contributed by atoms with E-state index in [1.54, 1.807) is 19.5 Å². The van der Waals surface area contributed by atoms with Crippen molar-refractivity contribution in [1.29, 1.82) is 0 Å². The summed E-state index contributed by atoms with van der Waals surface area (Å²) in [5, 5.41) is 0. The highest BCUT2D eigenvalue weighted by atomic mass is 28.5. The summed E-state index contributed by atoms with van der Waals surface area (Å²) in [4.78, 5) is 4.12. The van der Waals surface area contributed by atoms with Crippen LogP contribution < -0.4 is 0 Å². The third kappa shape index (κ3) is 13.7. The Labute approximate surface area is 184 Å². The Hall–Kier alpha value is -0.479. The van der Waals surface area contributed by atoms with Crippen LogP contribution in [0.4, 0.5) is 0 Å². The van der Waals surface area contributed by atoms with Crippen molar-refractivity contribution in [2.75, 3.05) is 46.8 Å². The molecule has 0 aliphatic heterocycles. The highest BCUT2D eigenvalue weighted by molar-refractivity contribution is 6.84. The molecule has 0 aliphatic carbocycles. The van der Waals surface area contributed by atoms with Crippen LogP contribution in [0.25, 0.3) is 0 Å². The predicted octanol–water partition coefficient (Wildman–Crippen LogP) is 3.43. The van der Waals surface area contributed by atoms with Crippen LogP contribution in [0.2, 0.25) is 39.3 Å². The molecule has 1 heterocycles. The maximum atomic E-state index is 6.38. The van der Waals surface area contributed by atoms with Crippen molar-refractivity contribution in [3.63, 3.8) is 0 Å². The average Bonchev–Trinajstić information content (AvgIpc) is 2.64. The highest BCUT2D eigenvalue weighted by Gasteiger charge is 2.41. The summed E-state index contributed by atoms with van der Waals surface area (Å²) < 4.78 is 40.7. The largest absolute Gasteiger partial charge is 0.415 e. The molecule has 0 radical (unpaired) electrons. The molecule has 1 aromatic rings. The molecule has 0 aliphatic rings. The molecule has 0 amide bonds. The maximum absolute atomic E-state index is 6.38. The molecular formula is C19H39NO7Si3. The van der Waals surface area contributed by atoms with Crippen molar-refractivity contribution in [3.8, 4) is 0 Å². The van der Waals surface area contributed by atoms with Crippen LogP contribution in [0.15, 0.2) is 24.5 Å². The zero-order valence-electron chi connectivity index (χ0n) is 19.6. The van der Waals surface area contributed by atoms with E-state index in [0.29, 0.717) is 46.2 Å². The van der Waals surface area contributed by atoms with Gasteiger partial charge in [0.15, 0.2) is 0 Å². The molecule has 0 atom stereocenters. The quantitative estimate of drug-likeness (QED) is 0.249. The van der Waals surface area contributed by atoms with Gasteiger partial charge in [0, 0.05) is 19.5 Å². The number of aromatic nitrogens is 1. The van der Waals surface area contributed by atoms with Gasteiger partial charge < -0.3 is 31.3 Å². The highest BCUT2D eigenvalue weighted by Crippen LogP contribution is 2.22. The SMILES string of the molecule is COCCOCCOCCO[Si](C)(C)O[Si](C)(C)O[Si](C)(C)OCc1cccnc1. The molecule has 0 unspecified atom stereocenters. The molecule has 0 saturated carbocycles. The molecule has 30 heavy (non-hydrogen) atoms. The number of hydrogen-bond acceptors (Lipinski definition) is 8. The predicted molar refractivity (Wildman–Crippen MR) is 123 cm³/mol. The first-order valence-electron chi connectivity index (χ1n) is 10.3. The van der Waals surface area contributed by atoms with Crippen LogP contribution in [-0.4, -0.2) is 77.4 Å². The molecular weight excluding hydrogens is 438 g/mol. The van der Waals surface area contributed by atoms with Crippen LogP contribution in [0.3, 0.4) is 0 Å². The number of rotatable bonds is 17. The average molecular weight is 478 g/mol. The third-order valence-electron chi connectivity index (χ3n) is 3.77.